The van der Waals surface area contributed by atoms with Crippen molar-refractivity contribution >= 4 is 55.6 Å². The molecule has 12 heteroatoms. The van der Waals surface area contributed by atoms with Crippen LogP contribution in [0.2, 0.25) is 10.0 Å². The number of nitrogens with one attached hydrogen (secondary N) is 2. The minimum Gasteiger partial charge on any atom is -0.456 e. The molecule has 1 heterocycles. The van der Waals surface area contributed by atoms with Gasteiger partial charge in [0.25, 0.3) is 21.5 Å². The molecular weight excluding hydrogens is 587 g/mol. The van der Waals surface area contributed by atoms with Gasteiger partial charge in [0.15, 0.2) is 0 Å². The van der Waals surface area contributed by atoms with Gasteiger partial charge in [-0.2, -0.15) is 5.10 Å². The number of anilines is 1. The second kappa shape index (κ2) is 12.0. The van der Waals surface area contributed by atoms with Gasteiger partial charge in [-0.15, -0.1) is 0 Å². The normalized spacial score (nSPS) is 11.3. The molecule has 0 radical (unpaired) electrons. The Labute approximate surface area is 245 Å². The highest BCUT2D eigenvalue weighted by atomic mass is 35.5. The molecule has 0 spiro atoms. The Morgan fingerprint density at radius 3 is 2.44 bits per heavy atom. The third kappa shape index (κ3) is 6.51. The Bertz CT molecular complexity index is 1910. The fourth-order valence-electron chi connectivity index (χ4n) is 4.00. The number of hydrogen-bond acceptors (Lipinski definition) is 6. The van der Waals surface area contributed by atoms with Crippen LogP contribution >= 0.6 is 23.2 Å². The number of halogens is 2. The Morgan fingerprint density at radius 2 is 1.66 bits per heavy atom. The van der Waals surface area contributed by atoms with Crippen LogP contribution < -0.4 is 20.3 Å². The van der Waals surface area contributed by atoms with Crippen molar-refractivity contribution < 1.29 is 17.9 Å². The predicted octanol–water partition coefficient (Wildman–Crippen LogP) is 5.73. The van der Waals surface area contributed by atoms with Crippen LogP contribution in [-0.2, 0) is 16.6 Å². The van der Waals surface area contributed by atoms with E-state index >= 15 is 0 Å². The van der Waals surface area contributed by atoms with E-state index in [1.807, 2.05) is 6.07 Å². The maximum Gasteiger partial charge on any atom is 0.274 e. The number of para-hydroxylation sites is 1. The average molecular weight is 609 g/mol. The number of benzene rings is 4. The molecule has 4 aromatic carbocycles. The number of sulfonamides is 1. The molecule has 2 N–H and O–H groups in total. The summed E-state index contributed by atoms with van der Waals surface area (Å²) < 4.78 is 35.7. The summed E-state index contributed by atoms with van der Waals surface area (Å²) in [5.74, 6) is 0.243. The summed E-state index contributed by atoms with van der Waals surface area (Å²) in [5.41, 5.74) is -0.236. The number of amides is 1. The number of nitrogens with zero attached hydrogens (tertiary/aromatic N) is 2. The maximum absolute atomic E-state index is 13.1. The summed E-state index contributed by atoms with van der Waals surface area (Å²) in [7, 11) is -4.08. The highest BCUT2D eigenvalue weighted by molar-refractivity contribution is 7.92. The zero-order chi connectivity index (χ0) is 29.0. The van der Waals surface area contributed by atoms with Crippen LogP contribution in [0.15, 0.2) is 107 Å². The van der Waals surface area contributed by atoms with Crippen molar-refractivity contribution in [2.24, 2.45) is 0 Å². The number of carbonyl (C=O) groups is 1. The molecule has 5 aromatic rings. The highest BCUT2D eigenvalue weighted by Gasteiger charge is 2.20. The first-order valence-electron chi connectivity index (χ1n) is 12.3. The summed E-state index contributed by atoms with van der Waals surface area (Å²) in [4.78, 5) is 25.7. The molecule has 0 bridgehead atoms. The largest absolute Gasteiger partial charge is 0.456 e. The van der Waals surface area contributed by atoms with Gasteiger partial charge < -0.3 is 10.1 Å². The Hall–Kier alpha value is -4.38. The summed E-state index contributed by atoms with van der Waals surface area (Å²) in [5, 5.41) is 8.73. The molecular formula is C29H22Cl2N4O5S. The van der Waals surface area contributed by atoms with E-state index in [0.29, 0.717) is 21.9 Å². The molecule has 0 fully saturated rings. The minimum absolute atomic E-state index is 0.0126. The van der Waals surface area contributed by atoms with Gasteiger partial charge in [0.05, 0.1) is 39.3 Å². The smallest absolute Gasteiger partial charge is 0.274 e. The number of fused-ring (bicyclic) bond motifs is 1. The van der Waals surface area contributed by atoms with E-state index in [-0.39, 0.29) is 39.8 Å². The number of hydrogen-bond donors (Lipinski definition) is 2. The summed E-state index contributed by atoms with van der Waals surface area (Å²) in [6.45, 7) is 0.176. The first-order chi connectivity index (χ1) is 19.7. The Balaban J connectivity index is 1.28. The lowest BCUT2D eigenvalue weighted by Gasteiger charge is -2.14. The molecule has 208 valence electrons. The third-order valence-corrected chi connectivity index (χ3v) is 7.97. The van der Waals surface area contributed by atoms with Gasteiger partial charge in [-0.1, -0.05) is 53.5 Å². The van der Waals surface area contributed by atoms with Crippen molar-refractivity contribution in [3.05, 3.63) is 123 Å². The first kappa shape index (κ1) is 28.2. The van der Waals surface area contributed by atoms with Gasteiger partial charge in [0, 0.05) is 17.0 Å². The highest BCUT2D eigenvalue weighted by Crippen LogP contribution is 2.30. The van der Waals surface area contributed by atoms with Crippen LogP contribution in [0.5, 0.6) is 11.5 Å². The number of rotatable bonds is 9. The maximum atomic E-state index is 13.1. The topological polar surface area (TPSA) is 119 Å². The minimum atomic E-state index is -4.08. The molecule has 41 heavy (non-hydrogen) atoms. The quantitative estimate of drug-likeness (QED) is 0.221. The zero-order valence-electron chi connectivity index (χ0n) is 21.3. The van der Waals surface area contributed by atoms with Gasteiger partial charge in [-0.25, -0.2) is 13.1 Å². The molecule has 9 nitrogen and oxygen atoms in total. The second-order valence-electron chi connectivity index (χ2n) is 8.82. The van der Waals surface area contributed by atoms with Gasteiger partial charge in [-0.3, -0.25) is 14.3 Å². The van der Waals surface area contributed by atoms with Gasteiger partial charge in [-0.05, 0) is 60.7 Å². The lowest BCUT2D eigenvalue weighted by atomic mass is 10.1. The molecule has 0 aliphatic heterocycles. The molecule has 1 amide bonds. The number of aromatic nitrogens is 2. The van der Waals surface area contributed by atoms with Crippen molar-refractivity contribution in [3.8, 4) is 11.5 Å². The van der Waals surface area contributed by atoms with E-state index in [1.165, 1.54) is 47.1 Å². The van der Waals surface area contributed by atoms with E-state index in [2.05, 4.69) is 15.1 Å². The van der Waals surface area contributed by atoms with E-state index < -0.39 is 15.9 Å². The molecule has 0 aliphatic rings. The van der Waals surface area contributed by atoms with E-state index in [9.17, 15) is 18.0 Å². The van der Waals surface area contributed by atoms with Crippen LogP contribution in [0.4, 0.5) is 5.69 Å². The molecule has 1 aromatic heterocycles. The van der Waals surface area contributed by atoms with Crippen molar-refractivity contribution in [3.63, 3.8) is 0 Å². The Kier molecular flexibility index (Phi) is 8.25. The zero-order valence-corrected chi connectivity index (χ0v) is 23.6. The van der Waals surface area contributed by atoms with Gasteiger partial charge in [0.1, 0.15) is 11.5 Å². The molecule has 0 saturated carbocycles. The lowest BCUT2D eigenvalue weighted by Crippen LogP contribution is -2.32. The molecule has 0 aliphatic carbocycles. The van der Waals surface area contributed by atoms with Crippen LogP contribution in [0, 0.1) is 0 Å². The summed E-state index contributed by atoms with van der Waals surface area (Å²) in [6, 6.07) is 24.0. The number of carbonyl (C=O) groups excluding carboxylic acids is 1. The summed E-state index contributed by atoms with van der Waals surface area (Å²) in [6.07, 6.45) is 1.58. The van der Waals surface area contributed by atoms with Crippen LogP contribution in [0.3, 0.4) is 0 Å². The van der Waals surface area contributed by atoms with Crippen molar-refractivity contribution in [2.45, 2.75) is 11.4 Å². The second-order valence-corrected chi connectivity index (χ2v) is 11.3. The Morgan fingerprint density at radius 1 is 0.927 bits per heavy atom. The fraction of sp³-hybridized carbons (Fsp3) is 0.0690. The fourth-order valence-corrected chi connectivity index (χ4v) is 5.42. The summed E-state index contributed by atoms with van der Waals surface area (Å²) >= 11 is 12.2. The van der Waals surface area contributed by atoms with Gasteiger partial charge in [0.2, 0.25) is 0 Å². The number of ether oxygens (including phenoxy) is 1. The van der Waals surface area contributed by atoms with Crippen LogP contribution in [0.25, 0.3) is 10.8 Å². The lowest BCUT2D eigenvalue weighted by molar-refractivity contribution is 0.0952. The molecule has 5 rings (SSSR count). The van der Waals surface area contributed by atoms with E-state index in [0.717, 1.165) is 5.39 Å². The third-order valence-electron chi connectivity index (χ3n) is 6.04. The van der Waals surface area contributed by atoms with E-state index in [1.54, 1.807) is 48.7 Å². The van der Waals surface area contributed by atoms with E-state index in [4.69, 9.17) is 27.9 Å². The average Bonchev–Trinajstić information content (AvgIpc) is 2.96. The van der Waals surface area contributed by atoms with Gasteiger partial charge >= 0.3 is 0 Å². The monoisotopic (exact) mass is 608 g/mol. The predicted molar refractivity (Wildman–Crippen MR) is 159 cm³/mol. The first-order valence-corrected chi connectivity index (χ1v) is 14.5. The molecule has 0 saturated heterocycles. The molecule has 0 atom stereocenters. The van der Waals surface area contributed by atoms with Crippen molar-refractivity contribution in [1.82, 2.24) is 15.1 Å². The van der Waals surface area contributed by atoms with Crippen molar-refractivity contribution in [2.75, 3.05) is 11.3 Å². The van der Waals surface area contributed by atoms with Crippen LogP contribution in [-0.4, -0.2) is 30.7 Å². The van der Waals surface area contributed by atoms with Crippen LogP contribution in [0.1, 0.15) is 10.4 Å². The van der Waals surface area contributed by atoms with Crippen molar-refractivity contribution in [1.29, 1.82) is 0 Å². The SMILES string of the molecule is O=C(NCCn1ncc2ccccc2c1=O)c1cc(Cl)ccc1NS(=O)(=O)c1ccc(Oc2ccccc2Cl)cc1. The standard InChI is InChI=1S/C29H22Cl2N4O5S/c30-20-9-14-26(34-41(38,39)22-12-10-21(11-13-22)40-27-8-4-3-7-25(27)31)24(17-20)28(36)32-15-16-35-29(37)23-6-2-1-5-19(23)18-33-35/h1-14,17-18,34H,15-16H2,(H,32,36). The molecule has 0 unspecified atom stereocenters.